The molecule has 0 spiro atoms. The third kappa shape index (κ3) is 8.77. The molecular formula is C40H64O10S. The first kappa shape index (κ1) is 40.3. The molecule has 2 aliphatic heterocycles. The van der Waals surface area contributed by atoms with E-state index in [1.165, 1.54) is 6.42 Å². The number of esters is 4. The van der Waals surface area contributed by atoms with E-state index >= 15 is 0 Å². The summed E-state index contributed by atoms with van der Waals surface area (Å²) in [6, 6.07) is 0. The van der Waals surface area contributed by atoms with Gasteiger partial charge in [0.15, 0.2) is 0 Å². The summed E-state index contributed by atoms with van der Waals surface area (Å²) in [4.78, 5) is 47.8. The van der Waals surface area contributed by atoms with Gasteiger partial charge in [-0.05, 0) is 118 Å². The second-order valence-electron chi connectivity index (χ2n) is 18.5. The Morgan fingerprint density at radius 1 is 0.824 bits per heavy atom. The van der Waals surface area contributed by atoms with Crippen LogP contribution in [0.1, 0.15) is 133 Å². The number of thioether (sulfide) groups is 1. The molecule has 1 N–H and O–H groups in total. The summed E-state index contributed by atoms with van der Waals surface area (Å²) < 4.78 is 27.6. The van der Waals surface area contributed by atoms with E-state index in [2.05, 4.69) is 0 Å². The molecule has 8 fully saturated rings. The van der Waals surface area contributed by atoms with Gasteiger partial charge in [0.1, 0.15) is 17.8 Å². The highest BCUT2D eigenvalue weighted by atomic mass is 32.2. The molecule has 0 aromatic rings. The molecule has 10 nitrogen and oxygen atoms in total. The maximum absolute atomic E-state index is 12.4. The molecule has 6 bridgehead atoms. The highest BCUT2D eigenvalue weighted by molar-refractivity contribution is 7.99. The molecule has 0 amide bonds. The summed E-state index contributed by atoms with van der Waals surface area (Å²) in [6.07, 6.45) is 9.09. The average molecular weight is 737 g/mol. The van der Waals surface area contributed by atoms with E-state index in [-0.39, 0.29) is 53.9 Å². The number of carbonyl (C=O) groups is 4. The fraction of sp³-hybridized carbons (Fsp3) is 0.900. The highest BCUT2D eigenvalue weighted by Crippen LogP contribution is 2.59. The summed E-state index contributed by atoms with van der Waals surface area (Å²) in [7, 11) is 0. The Kier molecular flexibility index (Phi) is 12.0. The zero-order chi connectivity index (χ0) is 37.6. The molecular weight excluding hydrogens is 672 g/mol. The van der Waals surface area contributed by atoms with Crippen molar-refractivity contribution in [2.24, 2.45) is 45.8 Å². The normalized spacial score (nSPS) is 37.4. The van der Waals surface area contributed by atoms with Crippen LogP contribution < -0.4 is 0 Å². The molecule has 0 aromatic heterocycles. The van der Waals surface area contributed by atoms with Crippen molar-refractivity contribution < 1.29 is 48.0 Å². The Morgan fingerprint density at radius 3 is 1.92 bits per heavy atom. The number of rotatable bonds is 9. The minimum Gasteiger partial charge on any atom is -0.459 e. The monoisotopic (exact) mass is 736 g/mol. The third-order valence-electron chi connectivity index (χ3n) is 13.3. The first-order chi connectivity index (χ1) is 23.8. The van der Waals surface area contributed by atoms with Gasteiger partial charge in [-0.2, -0.15) is 11.8 Å². The first-order valence-electron chi connectivity index (χ1n) is 19.5. The molecule has 11 heteroatoms. The topological polar surface area (TPSA) is 135 Å². The number of hydrogen-bond acceptors (Lipinski definition) is 11. The minimum absolute atomic E-state index is 0.0779. The molecule has 51 heavy (non-hydrogen) atoms. The fourth-order valence-corrected chi connectivity index (χ4v) is 9.92. The summed E-state index contributed by atoms with van der Waals surface area (Å²) >= 11 is 1.76. The van der Waals surface area contributed by atoms with Crippen molar-refractivity contribution in [3.05, 3.63) is 0 Å². The maximum Gasteiger partial charge on any atom is 0.313 e. The average Bonchev–Trinajstić information content (AvgIpc) is 3.70. The molecule has 0 aromatic carbocycles. The molecule has 6 aliphatic carbocycles. The fourth-order valence-electron chi connectivity index (χ4n) is 9.18. The van der Waals surface area contributed by atoms with E-state index in [1.807, 2.05) is 62.3 Å². The summed E-state index contributed by atoms with van der Waals surface area (Å²) in [5.41, 5.74) is -2.18. The maximum atomic E-state index is 12.4. The first-order valence-corrected chi connectivity index (χ1v) is 20.7. The molecule has 8 unspecified atom stereocenters. The Morgan fingerprint density at radius 2 is 1.39 bits per heavy atom. The van der Waals surface area contributed by atoms with Crippen LogP contribution >= 0.6 is 11.8 Å². The van der Waals surface area contributed by atoms with Crippen molar-refractivity contribution in [3.8, 4) is 0 Å². The van der Waals surface area contributed by atoms with Crippen LogP contribution in [-0.2, 0) is 42.9 Å². The number of carbonyl (C=O) groups excluding carboxylic acids is 4. The molecule has 2 saturated heterocycles. The smallest absolute Gasteiger partial charge is 0.313 e. The van der Waals surface area contributed by atoms with Gasteiger partial charge in [0.25, 0.3) is 0 Å². The summed E-state index contributed by atoms with van der Waals surface area (Å²) in [5.74, 6) is 3.08. The second-order valence-corrected chi connectivity index (χ2v) is 19.7. The van der Waals surface area contributed by atoms with E-state index < -0.39 is 21.8 Å². The van der Waals surface area contributed by atoms with Crippen LogP contribution in [0.25, 0.3) is 0 Å². The Balaban J connectivity index is 0.000000150. The van der Waals surface area contributed by atoms with Gasteiger partial charge in [0.2, 0.25) is 6.29 Å². The lowest BCUT2D eigenvalue weighted by Crippen LogP contribution is -2.61. The number of ether oxygens (including phenoxy) is 5. The Hall–Kier alpha value is -1.85. The lowest BCUT2D eigenvalue weighted by molar-refractivity contribution is -0.225. The molecule has 2 heterocycles. The van der Waals surface area contributed by atoms with Crippen LogP contribution in [0.4, 0.5) is 0 Å². The van der Waals surface area contributed by atoms with E-state index in [9.17, 15) is 24.3 Å². The predicted molar refractivity (Wildman–Crippen MR) is 193 cm³/mol. The zero-order valence-electron chi connectivity index (χ0n) is 32.5. The zero-order valence-corrected chi connectivity index (χ0v) is 33.4. The van der Waals surface area contributed by atoms with Gasteiger partial charge >= 0.3 is 23.9 Å². The van der Waals surface area contributed by atoms with Crippen molar-refractivity contribution in [1.82, 2.24) is 0 Å². The Bertz CT molecular complexity index is 1290. The van der Waals surface area contributed by atoms with Gasteiger partial charge < -0.3 is 28.8 Å². The van der Waals surface area contributed by atoms with Crippen molar-refractivity contribution in [2.45, 2.75) is 163 Å². The van der Waals surface area contributed by atoms with Crippen molar-refractivity contribution in [3.63, 3.8) is 0 Å². The van der Waals surface area contributed by atoms with Gasteiger partial charge in [-0.3, -0.25) is 19.2 Å². The number of aliphatic hydroxyl groups is 1. The van der Waals surface area contributed by atoms with Crippen LogP contribution in [0.3, 0.4) is 0 Å². The van der Waals surface area contributed by atoms with Crippen LogP contribution in [0.5, 0.6) is 0 Å². The quantitative estimate of drug-likeness (QED) is 0.193. The Labute approximate surface area is 309 Å². The molecule has 8 rings (SSSR count). The lowest BCUT2D eigenvalue weighted by Gasteiger charge is -2.59. The van der Waals surface area contributed by atoms with E-state index in [0.29, 0.717) is 36.7 Å². The largest absolute Gasteiger partial charge is 0.459 e. The molecule has 8 aliphatic rings. The standard InChI is InChI=1S/C16H26O3.C14H20O4.C10H18O3S/c1-4-14(2,3)13(17)19-16-8-11-5-12(9-16)7-15(18,6-11)10-16;1-4-14(2,3)13(16)18-10-7-5-8-9(6-7)12(15)17-11(8)10;1-4-10(2,3)9(11)13-8-7-14-6-5-12-8/h11-12,18H,4-10H2,1-3H3;7-11H,4-6H2,1-3H3;8H,4-7H2,1-3H3. The summed E-state index contributed by atoms with van der Waals surface area (Å²) in [6.45, 7) is 18.1. The lowest BCUT2D eigenvalue weighted by atomic mass is 9.52. The number of fused-ring (bicyclic) bond motifs is 1. The predicted octanol–water partition coefficient (Wildman–Crippen LogP) is 7.02. The second kappa shape index (κ2) is 15.1. The van der Waals surface area contributed by atoms with Gasteiger partial charge in [-0.1, -0.05) is 20.8 Å². The van der Waals surface area contributed by atoms with Crippen molar-refractivity contribution in [1.29, 1.82) is 0 Å². The van der Waals surface area contributed by atoms with E-state index in [1.54, 1.807) is 11.8 Å². The molecule has 6 saturated carbocycles. The van der Waals surface area contributed by atoms with Gasteiger partial charge in [-0.25, -0.2) is 0 Å². The number of hydrogen-bond donors (Lipinski definition) is 1. The molecule has 8 atom stereocenters. The van der Waals surface area contributed by atoms with Gasteiger partial charge in [0, 0.05) is 24.0 Å². The van der Waals surface area contributed by atoms with Crippen LogP contribution in [0, 0.1) is 45.8 Å². The summed E-state index contributed by atoms with van der Waals surface area (Å²) in [5, 5.41) is 10.6. The highest BCUT2D eigenvalue weighted by Gasteiger charge is 2.63. The van der Waals surface area contributed by atoms with Gasteiger partial charge in [-0.15, -0.1) is 0 Å². The van der Waals surface area contributed by atoms with E-state index in [0.717, 1.165) is 69.3 Å². The molecule has 290 valence electrons. The van der Waals surface area contributed by atoms with Crippen LogP contribution in [0.15, 0.2) is 0 Å². The minimum atomic E-state index is -0.555. The third-order valence-corrected chi connectivity index (χ3v) is 14.2. The van der Waals surface area contributed by atoms with Crippen LogP contribution in [-0.4, -0.2) is 76.8 Å². The van der Waals surface area contributed by atoms with Crippen molar-refractivity contribution >= 4 is 35.6 Å². The SMILES string of the molecule is CCC(C)(C)C(=O)OC12CC3CC(CC(O)(C3)C1)C2.CCC(C)(C)C(=O)OC1C2CC3C(=O)OC1C3C2.CCC(C)(C)C(=O)OC1CSCCO1. The van der Waals surface area contributed by atoms with Crippen molar-refractivity contribution in [2.75, 3.05) is 18.1 Å². The molecule has 0 radical (unpaired) electrons. The van der Waals surface area contributed by atoms with E-state index in [4.69, 9.17) is 23.7 Å². The van der Waals surface area contributed by atoms with Gasteiger partial charge in [0.05, 0.1) is 40.1 Å². The van der Waals surface area contributed by atoms with Crippen LogP contribution in [0.2, 0.25) is 0 Å².